The van der Waals surface area contributed by atoms with Crippen LogP contribution in [0.5, 0.6) is 17.2 Å². The zero-order valence-electron chi connectivity index (χ0n) is 10.3. The summed E-state index contributed by atoms with van der Waals surface area (Å²) in [6.07, 6.45) is 0. The highest BCUT2D eigenvalue weighted by Crippen LogP contribution is 2.30. The van der Waals surface area contributed by atoms with Crippen LogP contribution in [-0.4, -0.2) is 12.9 Å². The Morgan fingerprint density at radius 1 is 1.16 bits per heavy atom. The van der Waals surface area contributed by atoms with E-state index in [4.69, 9.17) is 32.2 Å². The summed E-state index contributed by atoms with van der Waals surface area (Å²) in [5, 5.41) is 8.12. The Bertz CT molecular complexity index is 614. The van der Waals surface area contributed by atoms with Gasteiger partial charge in [-0.25, -0.2) is 0 Å². The number of ether oxygens (including phenoxy) is 2. The van der Waals surface area contributed by atoms with Crippen LogP contribution >= 0.6 is 11.6 Å². The van der Waals surface area contributed by atoms with E-state index in [1.807, 2.05) is 0 Å². The second-order valence-electron chi connectivity index (χ2n) is 3.84. The molecule has 4 nitrogen and oxygen atoms in total. The van der Waals surface area contributed by atoms with Crippen molar-refractivity contribution in [1.82, 2.24) is 0 Å². The summed E-state index contributed by atoms with van der Waals surface area (Å²) >= 11 is 5.90. The fourth-order valence-electron chi connectivity index (χ4n) is 1.59. The SMILES string of the molecule is COc1ccc(C(=N)N)c(Oc2cccc(Cl)c2)c1. The highest BCUT2D eigenvalue weighted by molar-refractivity contribution is 6.30. The van der Waals surface area contributed by atoms with Gasteiger partial charge >= 0.3 is 0 Å². The molecule has 0 heterocycles. The smallest absolute Gasteiger partial charge is 0.142 e. The van der Waals surface area contributed by atoms with Gasteiger partial charge < -0.3 is 15.2 Å². The first-order valence-corrected chi connectivity index (χ1v) is 5.94. The minimum atomic E-state index is -0.0697. The first kappa shape index (κ1) is 13.2. The monoisotopic (exact) mass is 276 g/mol. The molecule has 19 heavy (non-hydrogen) atoms. The van der Waals surface area contributed by atoms with Gasteiger partial charge in [0.15, 0.2) is 0 Å². The van der Waals surface area contributed by atoms with Crippen molar-refractivity contribution in [1.29, 1.82) is 5.41 Å². The Labute approximate surface area is 116 Å². The van der Waals surface area contributed by atoms with Crippen LogP contribution < -0.4 is 15.2 Å². The Morgan fingerprint density at radius 2 is 1.95 bits per heavy atom. The average Bonchev–Trinajstić information content (AvgIpc) is 2.38. The molecule has 2 aromatic rings. The van der Waals surface area contributed by atoms with E-state index in [9.17, 15) is 0 Å². The highest BCUT2D eigenvalue weighted by atomic mass is 35.5. The molecule has 0 saturated heterocycles. The van der Waals surface area contributed by atoms with Crippen molar-refractivity contribution in [3.63, 3.8) is 0 Å². The molecule has 0 aliphatic rings. The summed E-state index contributed by atoms with van der Waals surface area (Å²) < 4.78 is 10.8. The maximum atomic E-state index is 7.54. The van der Waals surface area contributed by atoms with Gasteiger partial charge in [-0.2, -0.15) is 0 Å². The number of halogens is 1. The molecular weight excluding hydrogens is 264 g/mol. The third-order valence-corrected chi connectivity index (χ3v) is 2.74. The number of amidine groups is 1. The number of rotatable bonds is 4. The average molecular weight is 277 g/mol. The summed E-state index contributed by atoms with van der Waals surface area (Å²) in [5.74, 6) is 1.58. The van der Waals surface area contributed by atoms with E-state index in [1.54, 1.807) is 49.6 Å². The van der Waals surface area contributed by atoms with Crippen molar-refractivity contribution in [3.05, 3.63) is 53.1 Å². The van der Waals surface area contributed by atoms with Gasteiger partial charge in [0.2, 0.25) is 0 Å². The lowest BCUT2D eigenvalue weighted by Crippen LogP contribution is -2.12. The molecule has 0 radical (unpaired) electrons. The maximum absolute atomic E-state index is 7.54. The molecule has 0 aliphatic heterocycles. The number of nitrogens with two attached hydrogens (primary N) is 1. The van der Waals surface area contributed by atoms with Crippen LogP contribution in [0.3, 0.4) is 0 Å². The molecule has 0 bridgehead atoms. The second kappa shape index (κ2) is 5.63. The van der Waals surface area contributed by atoms with E-state index in [0.717, 1.165) is 0 Å². The molecule has 0 saturated carbocycles. The second-order valence-corrected chi connectivity index (χ2v) is 4.27. The van der Waals surface area contributed by atoms with Gasteiger partial charge in [-0.3, -0.25) is 5.41 Å². The van der Waals surface area contributed by atoms with Gasteiger partial charge in [0.1, 0.15) is 23.1 Å². The summed E-state index contributed by atoms with van der Waals surface area (Å²) in [7, 11) is 1.56. The highest BCUT2D eigenvalue weighted by Gasteiger charge is 2.09. The minimum absolute atomic E-state index is 0.0697. The van der Waals surface area contributed by atoms with Crippen LogP contribution in [0, 0.1) is 5.41 Å². The third kappa shape index (κ3) is 3.17. The molecule has 2 rings (SSSR count). The van der Waals surface area contributed by atoms with Gasteiger partial charge in [0.05, 0.1) is 12.7 Å². The normalized spacial score (nSPS) is 10.0. The molecule has 0 spiro atoms. The standard InChI is InChI=1S/C14H13ClN2O2/c1-18-10-5-6-12(14(16)17)13(8-10)19-11-4-2-3-9(15)7-11/h2-8H,1H3,(H3,16,17). The Kier molecular flexibility index (Phi) is 3.92. The molecular formula is C14H13ClN2O2. The summed E-state index contributed by atoms with van der Waals surface area (Å²) in [5.41, 5.74) is 6.03. The predicted molar refractivity (Wildman–Crippen MR) is 75.5 cm³/mol. The first-order valence-electron chi connectivity index (χ1n) is 5.56. The van der Waals surface area contributed by atoms with Crippen molar-refractivity contribution in [3.8, 4) is 17.2 Å². The van der Waals surface area contributed by atoms with Gasteiger partial charge in [-0.15, -0.1) is 0 Å². The van der Waals surface area contributed by atoms with Crippen molar-refractivity contribution < 1.29 is 9.47 Å². The zero-order valence-corrected chi connectivity index (χ0v) is 11.1. The fourth-order valence-corrected chi connectivity index (χ4v) is 1.77. The molecule has 3 N–H and O–H groups in total. The van der Waals surface area contributed by atoms with E-state index in [2.05, 4.69) is 0 Å². The number of methoxy groups -OCH3 is 1. The van der Waals surface area contributed by atoms with Crippen molar-refractivity contribution in [2.75, 3.05) is 7.11 Å². The number of benzene rings is 2. The lowest BCUT2D eigenvalue weighted by molar-refractivity contribution is 0.409. The van der Waals surface area contributed by atoms with Gasteiger partial charge in [-0.05, 0) is 30.3 Å². The van der Waals surface area contributed by atoms with Crippen LogP contribution in [0.4, 0.5) is 0 Å². The van der Waals surface area contributed by atoms with Gasteiger partial charge in [0, 0.05) is 11.1 Å². The van der Waals surface area contributed by atoms with Crippen molar-refractivity contribution in [2.24, 2.45) is 5.73 Å². The Balaban J connectivity index is 2.39. The largest absolute Gasteiger partial charge is 0.497 e. The lowest BCUT2D eigenvalue weighted by Gasteiger charge is -2.12. The molecule has 0 atom stereocenters. The Morgan fingerprint density at radius 3 is 2.58 bits per heavy atom. The number of hydrogen-bond donors (Lipinski definition) is 2. The first-order chi connectivity index (χ1) is 9.10. The van der Waals surface area contributed by atoms with Gasteiger partial charge in [0.25, 0.3) is 0 Å². The molecule has 0 fully saturated rings. The molecule has 0 unspecified atom stereocenters. The minimum Gasteiger partial charge on any atom is -0.497 e. The summed E-state index contributed by atoms with van der Waals surface area (Å²) in [4.78, 5) is 0. The van der Waals surface area contributed by atoms with Crippen LogP contribution in [0.2, 0.25) is 5.02 Å². The van der Waals surface area contributed by atoms with E-state index >= 15 is 0 Å². The van der Waals surface area contributed by atoms with Crippen LogP contribution in [0.1, 0.15) is 5.56 Å². The summed E-state index contributed by atoms with van der Waals surface area (Å²) in [6.45, 7) is 0. The number of nitrogen functional groups attached to an aromatic ring is 1. The van der Waals surface area contributed by atoms with Gasteiger partial charge in [-0.1, -0.05) is 17.7 Å². The number of hydrogen-bond acceptors (Lipinski definition) is 3. The van der Waals surface area contributed by atoms with Crippen LogP contribution in [0.25, 0.3) is 0 Å². The summed E-state index contributed by atoms with van der Waals surface area (Å²) in [6, 6.07) is 12.1. The van der Waals surface area contributed by atoms with E-state index in [1.165, 1.54) is 0 Å². The van der Waals surface area contributed by atoms with E-state index in [-0.39, 0.29) is 5.84 Å². The third-order valence-electron chi connectivity index (χ3n) is 2.50. The van der Waals surface area contributed by atoms with Crippen molar-refractivity contribution in [2.45, 2.75) is 0 Å². The zero-order chi connectivity index (χ0) is 13.8. The number of nitrogens with one attached hydrogen (secondary N) is 1. The van der Waals surface area contributed by atoms with E-state index < -0.39 is 0 Å². The Hall–Kier alpha value is -2.20. The maximum Gasteiger partial charge on any atom is 0.142 e. The molecule has 0 amide bonds. The topological polar surface area (TPSA) is 68.3 Å². The molecule has 5 heteroatoms. The predicted octanol–water partition coefficient (Wildman–Crippen LogP) is 3.42. The van der Waals surface area contributed by atoms with Crippen LogP contribution in [-0.2, 0) is 0 Å². The fraction of sp³-hybridized carbons (Fsp3) is 0.0714. The molecule has 2 aromatic carbocycles. The van der Waals surface area contributed by atoms with Crippen LogP contribution in [0.15, 0.2) is 42.5 Å². The lowest BCUT2D eigenvalue weighted by atomic mass is 10.1. The molecule has 0 aliphatic carbocycles. The quantitative estimate of drug-likeness (QED) is 0.664. The molecule has 98 valence electrons. The molecule has 0 aromatic heterocycles. The van der Waals surface area contributed by atoms with E-state index in [0.29, 0.717) is 27.8 Å². The van der Waals surface area contributed by atoms with Crippen molar-refractivity contribution >= 4 is 17.4 Å².